The van der Waals surface area contributed by atoms with Crippen LogP contribution in [0.5, 0.6) is 0 Å². The first kappa shape index (κ1) is 17.2. The molecule has 0 spiro atoms. The van der Waals surface area contributed by atoms with Crippen LogP contribution >= 0.6 is 23.1 Å². The minimum absolute atomic E-state index is 0.619. The van der Waals surface area contributed by atoms with Gasteiger partial charge in [0.25, 0.3) is 0 Å². The van der Waals surface area contributed by atoms with Gasteiger partial charge in [-0.1, -0.05) is 39.5 Å². The van der Waals surface area contributed by atoms with Crippen LogP contribution in [0.3, 0.4) is 0 Å². The van der Waals surface area contributed by atoms with Gasteiger partial charge in [0.1, 0.15) is 15.9 Å². The summed E-state index contributed by atoms with van der Waals surface area (Å²) in [6.45, 7) is 5.51. The zero-order chi connectivity index (χ0) is 15.0. The van der Waals surface area contributed by atoms with E-state index in [9.17, 15) is 0 Å². The second-order valence-electron chi connectivity index (χ2n) is 5.34. The normalized spacial score (nSPS) is 10.8. The van der Waals surface area contributed by atoms with Gasteiger partial charge in [-0.2, -0.15) is 5.26 Å². The zero-order valence-electron chi connectivity index (χ0n) is 12.7. The Morgan fingerprint density at radius 2 is 2.00 bits per heavy atom. The number of hydrogen-bond donors (Lipinski definition) is 2. The van der Waals surface area contributed by atoms with Gasteiger partial charge in [-0.05, 0) is 18.6 Å². The van der Waals surface area contributed by atoms with Gasteiger partial charge in [-0.25, -0.2) is 0 Å². The number of nitrogens with one attached hydrogen (secondary N) is 1. The maximum absolute atomic E-state index is 9.01. The molecular formula is C15H25N3S2. The van der Waals surface area contributed by atoms with Crippen LogP contribution in [0.1, 0.15) is 50.8 Å². The van der Waals surface area contributed by atoms with Crippen LogP contribution in [-0.2, 0) is 0 Å². The van der Waals surface area contributed by atoms with Crippen molar-refractivity contribution in [3.8, 4) is 6.07 Å². The van der Waals surface area contributed by atoms with E-state index in [1.807, 2.05) is 6.26 Å². The number of nitriles is 1. The molecule has 0 fully saturated rings. The molecule has 112 valence electrons. The Hall–Kier alpha value is -0.860. The van der Waals surface area contributed by atoms with Crippen LogP contribution in [-0.4, -0.2) is 12.8 Å². The summed E-state index contributed by atoms with van der Waals surface area (Å²) in [6.07, 6.45) is 8.41. The summed E-state index contributed by atoms with van der Waals surface area (Å²) in [7, 11) is 0. The maximum atomic E-state index is 9.01. The summed E-state index contributed by atoms with van der Waals surface area (Å²) in [5.74, 6) is 0.816. The third-order valence-corrected chi connectivity index (χ3v) is 5.23. The molecule has 5 heteroatoms. The second kappa shape index (κ2) is 9.15. The molecule has 0 unspecified atom stereocenters. The fourth-order valence-corrected chi connectivity index (χ4v) is 3.92. The van der Waals surface area contributed by atoms with Crippen molar-refractivity contribution >= 4 is 33.8 Å². The molecule has 1 aromatic heterocycles. The van der Waals surface area contributed by atoms with Gasteiger partial charge in [0, 0.05) is 6.54 Å². The van der Waals surface area contributed by atoms with Crippen LogP contribution in [0.4, 0.5) is 10.7 Å². The molecule has 3 N–H and O–H groups in total. The average Bonchev–Trinajstić information content (AvgIpc) is 2.73. The SMILES string of the molecule is CSc1c(NCCCCCCC(C)C)sc(C#N)c1N. The first-order valence-corrected chi connectivity index (χ1v) is 9.24. The minimum Gasteiger partial charge on any atom is -0.396 e. The standard InChI is InChI=1S/C15H25N3S2/c1-11(2)8-6-4-5-7-9-18-15-14(19-3)13(17)12(10-16)20-15/h11,18H,4-9,17H2,1-3H3. The number of thioether (sulfide) groups is 1. The van der Waals surface area contributed by atoms with Crippen molar-refractivity contribution < 1.29 is 0 Å². The zero-order valence-corrected chi connectivity index (χ0v) is 14.3. The molecule has 0 aliphatic heterocycles. The molecule has 0 saturated carbocycles. The number of rotatable bonds is 9. The Kier molecular flexibility index (Phi) is 7.86. The fraction of sp³-hybridized carbons (Fsp3) is 0.667. The van der Waals surface area contributed by atoms with E-state index in [0.29, 0.717) is 10.6 Å². The molecule has 20 heavy (non-hydrogen) atoms. The quantitative estimate of drug-likeness (QED) is 0.501. The third kappa shape index (κ3) is 5.26. The van der Waals surface area contributed by atoms with E-state index in [2.05, 4.69) is 25.2 Å². The molecule has 0 aromatic carbocycles. The Labute approximate surface area is 130 Å². The number of unbranched alkanes of at least 4 members (excludes halogenated alkanes) is 3. The first-order chi connectivity index (χ1) is 9.60. The number of nitrogen functional groups attached to an aromatic ring is 1. The lowest BCUT2D eigenvalue weighted by Gasteiger charge is -2.07. The van der Waals surface area contributed by atoms with Gasteiger partial charge < -0.3 is 11.1 Å². The summed E-state index contributed by atoms with van der Waals surface area (Å²) >= 11 is 3.07. The summed E-state index contributed by atoms with van der Waals surface area (Å²) < 4.78 is 0. The highest BCUT2D eigenvalue weighted by Gasteiger charge is 2.14. The first-order valence-electron chi connectivity index (χ1n) is 7.20. The van der Waals surface area contributed by atoms with Crippen molar-refractivity contribution in [3.63, 3.8) is 0 Å². The topological polar surface area (TPSA) is 61.8 Å². The average molecular weight is 312 g/mol. The monoisotopic (exact) mass is 311 g/mol. The molecule has 3 nitrogen and oxygen atoms in total. The maximum Gasteiger partial charge on any atom is 0.131 e. The van der Waals surface area contributed by atoms with E-state index in [0.717, 1.165) is 22.4 Å². The van der Waals surface area contributed by atoms with Crippen molar-refractivity contribution in [2.24, 2.45) is 5.92 Å². The number of thiophene rings is 1. The van der Waals surface area contributed by atoms with E-state index in [1.165, 1.54) is 43.4 Å². The van der Waals surface area contributed by atoms with E-state index >= 15 is 0 Å². The molecule has 0 saturated heterocycles. The van der Waals surface area contributed by atoms with Crippen molar-refractivity contribution in [1.29, 1.82) is 5.26 Å². The fourth-order valence-electron chi connectivity index (χ4n) is 2.06. The Morgan fingerprint density at radius 1 is 1.30 bits per heavy atom. The van der Waals surface area contributed by atoms with Gasteiger partial charge in [-0.15, -0.1) is 23.1 Å². The van der Waals surface area contributed by atoms with Gasteiger partial charge in [0.05, 0.1) is 10.6 Å². The van der Waals surface area contributed by atoms with Crippen LogP contribution in [0.15, 0.2) is 4.90 Å². The van der Waals surface area contributed by atoms with Gasteiger partial charge in [-0.3, -0.25) is 0 Å². The van der Waals surface area contributed by atoms with Crippen LogP contribution < -0.4 is 11.1 Å². The Morgan fingerprint density at radius 3 is 2.60 bits per heavy atom. The molecule has 0 amide bonds. The van der Waals surface area contributed by atoms with Crippen molar-refractivity contribution in [2.75, 3.05) is 23.9 Å². The second-order valence-corrected chi connectivity index (χ2v) is 7.18. The highest BCUT2D eigenvalue weighted by molar-refractivity contribution is 7.99. The summed E-state index contributed by atoms with van der Waals surface area (Å²) in [6, 6.07) is 2.16. The lowest BCUT2D eigenvalue weighted by atomic mass is 10.0. The minimum atomic E-state index is 0.619. The van der Waals surface area contributed by atoms with Gasteiger partial charge in [0.15, 0.2) is 0 Å². The summed E-state index contributed by atoms with van der Waals surface area (Å²) in [5.41, 5.74) is 6.58. The molecule has 1 heterocycles. The number of hydrogen-bond acceptors (Lipinski definition) is 5. The third-order valence-electron chi connectivity index (χ3n) is 3.20. The smallest absolute Gasteiger partial charge is 0.131 e. The van der Waals surface area contributed by atoms with E-state index in [1.54, 1.807) is 11.8 Å². The highest BCUT2D eigenvalue weighted by Crippen LogP contribution is 2.41. The Bertz CT molecular complexity index is 447. The number of anilines is 2. The molecule has 1 rings (SSSR count). The van der Waals surface area contributed by atoms with E-state index < -0.39 is 0 Å². The van der Waals surface area contributed by atoms with Crippen molar-refractivity contribution in [1.82, 2.24) is 0 Å². The number of nitrogens with zero attached hydrogens (tertiary/aromatic N) is 1. The van der Waals surface area contributed by atoms with Crippen LogP contribution in [0.25, 0.3) is 0 Å². The van der Waals surface area contributed by atoms with Crippen molar-refractivity contribution in [3.05, 3.63) is 4.88 Å². The summed E-state index contributed by atoms with van der Waals surface area (Å²) in [5, 5.41) is 13.5. The lowest BCUT2D eigenvalue weighted by molar-refractivity contribution is 0.523. The largest absolute Gasteiger partial charge is 0.396 e. The molecule has 0 atom stereocenters. The van der Waals surface area contributed by atoms with Crippen LogP contribution in [0.2, 0.25) is 0 Å². The molecule has 1 aromatic rings. The van der Waals surface area contributed by atoms with Crippen molar-refractivity contribution in [2.45, 2.75) is 50.8 Å². The molecule has 0 bridgehead atoms. The van der Waals surface area contributed by atoms with Crippen LogP contribution in [0, 0.1) is 17.2 Å². The van der Waals surface area contributed by atoms with E-state index in [4.69, 9.17) is 11.0 Å². The van der Waals surface area contributed by atoms with E-state index in [-0.39, 0.29) is 0 Å². The molecular weight excluding hydrogens is 286 g/mol. The lowest BCUT2D eigenvalue weighted by Crippen LogP contribution is -2.01. The van der Waals surface area contributed by atoms with Gasteiger partial charge in [0.2, 0.25) is 0 Å². The Balaban J connectivity index is 2.30. The highest BCUT2D eigenvalue weighted by atomic mass is 32.2. The predicted molar refractivity (Wildman–Crippen MR) is 91.6 cm³/mol. The predicted octanol–water partition coefficient (Wildman–Crippen LogP) is 4.94. The number of nitrogens with two attached hydrogens (primary N) is 1. The van der Waals surface area contributed by atoms with Gasteiger partial charge >= 0.3 is 0 Å². The molecule has 0 aliphatic rings. The summed E-state index contributed by atoms with van der Waals surface area (Å²) in [4.78, 5) is 1.64. The molecule has 0 aliphatic carbocycles. The molecule has 0 radical (unpaired) electrons.